The summed E-state index contributed by atoms with van der Waals surface area (Å²) in [4.78, 5) is 8.40. The highest BCUT2D eigenvalue weighted by molar-refractivity contribution is 6.33. The number of nitrogens with two attached hydrogens (primary N) is 1. The summed E-state index contributed by atoms with van der Waals surface area (Å²) in [5, 5.41) is 0.256. The van der Waals surface area contributed by atoms with E-state index >= 15 is 0 Å². The Kier molecular flexibility index (Phi) is 5.96. The first-order valence-electron chi connectivity index (χ1n) is 8.70. The van der Waals surface area contributed by atoms with Gasteiger partial charge in [-0.15, -0.1) is 0 Å². The lowest BCUT2D eigenvalue weighted by Crippen LogP contribution is -2.48. The molecule has 26 heavy (non-hydrogen) atoms. The maximum atomic E-state index is 14.1. The molecule has 1 fully saturated rings. The van der Waals surface area contributed by atoms with Crippen LogP contribution in [0.3, 0.4) is 0 Å². The summed E-state index contributed by atoms with van der Waals surface area (Å²) >= 11 is 5.97. The van der Waals surface area contributed by atoms with Crippen LogP contribution in [0, 0.1) is 5.95 Å². The molecule has 1 aromatic carbocycles. The van der Waals surface area contributed by atoms with Gasteiger partial charge >= 0.3 is 0 Å². The first-order valence-corrected chi connectivity index (χ1v) is 9.07. The highest BCUT2D eigenvalue weighted by atomic mass is 35.5. The summed E-state index contributed by atoms with van der Waals surface area (Å²) in [6, 6.07) is 9.31. The van der Waals surface area contributed by atoms with Gasteiger partial charge in [0.2, 0.25) is 5.95 Å². The molecule has 2 N–H and O–H groups in total. The van der Waals surface area contributed by atoms with Crippen LogP contribution in [0.5, 0.6) is 0 Å². The Labute approximate surface area is 158 Å². The summed E-state index contributed by atoms with van der Waals surface area (Å²) in [5.74, 6) is -0.606. The van der Waals surface area contributed by atoms with Gasteiger partial charge in [-0.3, -0.25) is 4.90 Å². The zero-order chi connectivity index (χ0) is 18.7. The van der Waals surface area contributed by atoms with Crippen molar-refractivity contribution in [3.8, 4) is 11.1 Å². The van der Waals surface area contributed by atoms with Crippen molar-refractivity contribution >= 4 is 23.1 Å². The number of nitrogen functional groups attached to an aromatic ring is 1. The number of benzene rings is 1. The summed E-state index contributed by atoms with van der Waals surface area (Å²) in [6.07, 6.45) is 0.246. The summed E-state index contributed by atoms with van der Waals surface area (Å²) in [7, 11) is 1.75. The van der Waals surface area contributed by atoms with Crippen LogP contribution in [0.2, 0.25) is 5.02 Å². The molecule has 7 heteroatoms. The molecule has 2 heterocycles. The molecule has 5 nitrogen and oxygen atoms in total. The molecule has 0 bridgehead atoms. The van der Waals surface area contributed by atoms with Gasteiger partial charge in [-0.25, -0.2) is 4.98 Å². The maximum absolute atomic E-state index is 14.1. The smallest absolute Gasteiger partial charge is 0.222 e. The van der Waals surface area contributed by atoms with E-state index in [1.54, 1.807) is 7.11 Å². The third-order valence-corrected chi connectivity index (χ3v) is 5.09. The second-order valence-corrected chi connectivity index (χ2v) is 6.98. The van der Waals surface area contributed by atoms with Gasteiger partial charge in [0, 0.05) is 51.1 Å². The zero-order valence-corrected chi connectivity index (χ0v) is 15.8. The van der Waals surface area contributed by atoms with Crippen molar-refractivity contribution in [2.75, 3.05) is 50.5 Å². The number of piperazine rings is 1. The molecule has 3 rings (SSSR count). The number of hydrogen-bond acceptors (Lipinski definition) is 5. The minimum absolute atomic E-state index is 0.00481. The van der Waals surface area contributed by atoms with Gasteiger partial charge in [0.15, 0.2) is 0 Å². The SMILES string of the molecule is CO[C@H](C)CN1CCN(c2ccc(-c3cc(Cl)c(N)nc3F)cc2)CC1. The standard InChI is InChI=1S/C19H24ClFN4O/c1-13(26-2)12-24-7-9-25(10-8-24)15-5-3-14(4-6-15)16-11-17(20)19(22)23-18(16)21/h3-6,11,13H,7-10,12H2,1-2H3,(H2,22,23)/t13-/m1/s1. The topological polar surface area (TPSA) is 54.6 Å². The third kappa shape index (κ3) is 4.26. The average molecular weight is 379 g/mol. The van der Waals surface area contributed by atoms with Crippen LogP contribution in [0.4, 0.5) is 15.9 Å². The monoisotopic (exact) mass is 378 g/mol. The predicted octanol–water partition coefficient (Wildman–Crippen LogP) is 3.28. The molecular formula is C19H24ClFN4O. The number of rotatable bonds is 5. The molecule has 0 aliphatic carbocycles. The molecule has 0 saturated carbocycles. The van der Waals surface area contributed by atoms with E-state index in [4.69, 9.17) is 22.1 Å². The summed E-state index contributed by atoms with van der Waals surface area (Å²) in [6.45, 7) is 6.96. The average Bonchev–Trinajstić information content (AvgIpc) is 2.65. The molecule has 0 unspecified atom stereocenters. The Morgan fingerprint density at radius 3 is 2.50 bits per heavy atom. The number of nitrogens with zero attached hydrogens (tertiary/aromatic N) is 3. The fourth-order valence-electron chi connectivity index (χ4n) is 3.16. The molecule has 1 aliphatic rings. The first-order chi connectivity index (χ1) is 12.5. The molecule has 0 amide bonds. The van der Waals surface area contributed by atoms with Crippen LogP contribution in [-0.2, 0) is 4.74 Å². The molecule has 1 atom stereocenters. The van der Waals surface area contributed by atoms with Gasteiger partial charge in [-0.05, 0) is 30.7 Å². The van der Waals surface area contributed by atoms with Crippen LogP contribution in [0.25, 0.3) is 11.1 Å². The Balaban J connectivity index is 1.67. The quantitative estimate of drug-likeness (QED) is 0.809. The first kappa shape index (κ1) is 18.9. The van der Waals surface area contributed by atoms with Gasteiger partial charge in [0.05, 0.1) is 11.1 Å². The normalized spacial score (nSPS) is 16.7. The number of halogens is 2. The van der Waals surface area contributed by atoms with E-state index in [2.05, 4.69) is 21.7 Å². The number of ether oxygens (including phenoxy) is 1. The van der Waals surface area contributed by atoms with E-state index in [-0.39, 0.29) is 16.9 Å². The Morgan fingerprint density at radius 2 is 1.88 bits per heavy atom. The van der Waals surface area contributed by atoms with Gasteiger partial charge in [-0.2, -0.15) is 4.39 Å². The fourth-order valence-corrected chi connectivity index (χ4v) is 3.31. The van der Waals surface area contributed by atoms with Crippen molar-refractivity contribution in [1.82, 2.24) is 9.88 Å². The van der Waals surface area contributed by atoms with Crippen molar-refractivity contribution in [3.05, 3.63) is 41.3 Å². The van der Waals surface area contributed by atoms with Crippen molar-refractivity contribution < 1.29 is 9.13 Å². The fraction of sp³-hybridized carbons (Fsp3) is 0.421. The Hall–Kier alpha value is -1.89. The van der Waals surface area contributed by atoms with E-state index < -0.39 is 5.95 Å². The van der Waals surface area contributed by atoms with E-state index in [1.165, 1.54) is 6.07 Å². The molecule has 1 saturated heterocycles. The van der Waals surface area contributed by atoms with Gasteiger partial charge in [0.25, 0.3) is 0 Å². The number of anilines is 2. The van der Waals surface area contributed by atoms with Crippen molar-refractivity contribution in [3.63, 3.8) is 0 Å². The number of hydrogen-bond donors (Lipinski definition) is 1. The molecule has 1 aromatic heterocycles. The number of aromatic nitrogens is 1. The van der Waals surface area contributed by atoms with E-state index in [0.717, 1.165) is 44.0 Å². The highest BCUT2D eigenvalue weighted by Crippen LogP contribution is 2.29. The van der Waals surface area contributed by atoms with Crippen LogP contribution >= 0.6 is 11.6 Å². The van der Waals surface area contributed by atoms with Gasteiger partial charge in [-0.1, -0.05) is 23.7 Å². The number of pyridine rings is 1. The molecule has 140 valence electrons. The Bertz CT molecular complexity index is 748. The minimum Gasteiger partial charge on any atom is -0.382 e. The molecule has 1 aliphatic heterocycles. The lowest BCUT2D eigenvalue weighted by molar-refractivity contribution is 0.0749. The lowest BCUT2D eigenvalue weighted by atomic mass is 10.1. The third-order valence-electron chi connectivity index (χ3n) is 4.79. The van der Waals surface area contributed by atoms with Crippen LogP contribution in [0.1, 0.15) is 6.92 Å². The van der Waals surface area contributed by atoms with Crippen LogP contribution in [-0.4, -0.2) is 55.8 Å². The van der Waals surface area contributed by atoms with Gasteiger partial charge in [0.1, 0.15) is 5.82 Å². The minimum atomic E-state index is -0.611. The van der Waals surface area contributed by atoms with E-state index in [1.807, 2.05) is 24.3 Å². The molecule has 2 aromatic rings. The highest BCUT2D eigenvalue weighted by Gasteiger charge is 2.19. The Morgan fingerprint density at radius 1 is 1.23 bits per heavy atom. The number of methoxy groups -OCH3 is 1. The van der Waals surface area contributed by atoms with E-state index in [0.29, 0.717) is 5.56 Å². The van der Waals surface area contributed by atoms with Crippen molar-refractivity contribution in [2.45, 2.75) is 13.0 Å². The van der Waals surface area contributed by atoms with Gasteiger partial charge < -0.3 is 15.4 Å². The van der Waals surface area contributed by atoms with E-state index in [9.17, 15) is 4.39 Å². The second kappa shape index (κ2) is 8.20. The zero-order valence-electron chi connectivity index (χ0n) is 15.1. The summed E-state index contributed by atoms with van der Waals surface area (Å²) in [5.41, 5.74) is 7.75. The second-order valence-electron chi connectivity index (χ2n) is 6.57. The maximum Gasteiger partial charge on any atom is 0.222 e. The molecule has 0 radical (unpaired) electrons. The van der Waals surface area contributed by atoms with Crippen LogP contribution < -0.4 is 10.6 Å². The largest absolute Gasteiger partial charge is 0.382 e. The predicted molar refractivity (Wildman–Crippen MR) is 104 cm³/mol. The lowest BCUT2D eigenvalue weighted by Gasteiger charge is -2.37. The van der Waals surface area contributed by atoms with Crippen molar-refractivity contribution in [1.29, 1.82) is 0 Å². The van der Waals surface area contributed by atoms with Crippen LogP contribution in [0.15, 0.2) is 30.3 Å². The van der Waals surface area contributed by atoms with Crippen molar-refractivity contribution in [2.24, 2.45) is 0 Å². The molecule has 0 spiro atoms. The summed E-state index contributed by atoms with van der Waals surface area (Å²) < 4.78 is 19.4. The molecular weight excluding hydrogens is 355 g/mol.